The highest BCUT2D eigenvalue weighted by Gasteiger charge is 2.19. The fourth-order valence-corrected chi connectivity index (χ4v) is 3.88. The van der Waals surface area contributed by atoms with Gasteiger partial charge in [-0.3, -0.25) is 14.4 Å². The molecule has 0 aromatic heterocycles. The van der Waals surface area contributed by atoms with Gasteiger partial charge >= 0.3 is 0 Å². The van der Waals surface area contributed by atoms with E-state index in [1.165, 1.54) is 0 Å². The Morgan fingerprint density at radius 3 is 2.03 bits per heavy atom. The maximum absolute atomic E-state index is 12.7. The van der Waals surface area contributed by atoms with Gasteiger partial charge in [0.2, 0.25) is 5.91 Å². The molecule has 4 rings (SSSR count). The molecule has 3 aromatic rings. The van der Waals surface area contributed by atoms with Gasteiger partial charge in [-0.25, -0.2) is 0 Å². The molecular weight excluding hydrogens is 428 g/mol. The average Bonchev–Trinajstić information content (AvgIpc) is 3.43. The SMILES string of the molecule is CN(C(=O)c1ccc(NC(=O)CNc2ccc(C(=O)N3CCCC3)cc2)cc1)c1ccccc1. The molecule has 3 amide bonds. The number of nitrogens with one attached hydrogen (secondary N) is 2. The van der Waals surface area contributed by atoms with Crippen molar-refractivity contribution in [3.63, 3.8) is 0 Å². The van der Waals surface area contributed by atoms with Gasteiger partial charge in [-0.15, -0.1) is 0 Å². The lowest BCUT2D eigenvalue weighted by molar-refractivity contribution is -0.114. The van der Waals surface area contributed by atoms with Crippen LogP contribution in [0.2, 0.25) is 0 Å². The minimum absolute atomic E-state index is 0.0543. The van der Waals surface area contributed by atoms with E-state index in [4.69, 9.17) is 0 Å². The molecule has 7 heteroatoms. The van der Waals surface area contributed by atoms with Gasteiger partial charge in [-0.2, -0.15) is 0 Å². The minimum Gasteiger partial charge on any atom is -0.376 e. The summed E-state index contributed by atoms with van der Waals surface area (Å²) in [4.78, 5) is 40.9. The lowest BCUT2D eigenvalue weighted by Crippen LogP contribution is -2.27. The highest BCUT2D eigenvalue weighted by Crippen LogP contribution is 2.18. The summed E-state index contributed by atoms with van der Waals surface area (Å²) in [7, 11) is 1.73. The third-order valence-corrected chi connectivity index (χ3v) is 5.84. The fourth-order valence-electron chi connectivity index (χ4n) is 3.88. The molecule has 34 heavy (non-hydrogen) atoms. The van der Waals surface area contributed by atoms with E-state index < -0.39 is 0 Å². The third kappa shape index (κ3) is 5.61. The first-order valence-corrected chi connectivity index (χ1v) is 11.4. The van der Waals surface area contributed by atoms with Crippen LogP contribution in [-0.2, 0) is 4.79 Å². The fraction of sp³-hybridized carbons (Fsp3) is 0.222. The Morgan fingerprint density at radius 2 is 1.38 bits per heavy atom. The van der Waals surface area contributed by atoms with E-state index in [0.717, 1.165) is 37.3 Å². The van der Waals surface area contributed by atoms with E-state index in [1.807, 2.05) is 35.2 Å². The van der Waals surface area contributed by atoms with Gasteiger partial charge in [-0.05, 0) is 73.5 Å². The number of carbonyl (C=O) groups excluding carboxylic acids is 3. The van der Waals surface area contributed by atoms with Crippen molar-refractivity contribution in [2.24, 2.45) is 0 Å². The normalized spacial score (nSPS) is 12.8. The molecule has 3 aromatic carbocycles. The Kier molecular flexibility index (Phi) is 7.22. The molecule has 1 saturated heterocycles. The molecule has 2 N–H and O–H groups in total. The summed E-state index contributed by atoms with van der Waals surface area (Å²) in [5.41, 5.74) is 3.37. The lowest BCUT2D eigenvalue weighted by Gasteiger charge is -2.17. The number of amides is 3. The van der Waals surface area contributed by atoms with Crippen LogP contribution >= 0.6 is 0 Å². The van der Waals surface area contributed by atoms with Crippen LogP contribution in [0, 0.1) is 0 Å². The number of hydrogen-bond acceptors (Lipinski definition) is 4. The number of anilines is 3. The van der Waals surface area contributed by atoms with Crippen molar-refractivity contribution < 1.29 is 14.4 Å². The van der Waals surface area contributed by atoms with Gasteiger partial charge < -0.3 is 20.4 Å². The van der Waals surface area contributed by atoms with Crippen molar-refractivity contribution >= 4 is 34.8 Å². The number of carbonyl (C=O) groups is 3. The van der Waals surface area contributed by atoms with E-state index in [-0.39, 0.29) is 24.3 Å². The molecule has 7 nitrogen and oxygen atoms in total. The molecule has 0 atom stereocenters. The molecule has 1 heterocycles. The summed E-state index contributed by atoms with van der Waals surface area (Å²) in [6.07, 6.45) is 2.12. The molecule has 1 fully saturated rings. The first-order chi connectivity index (χ1) is 16.5. The van der Waals surface area contributed by atoms with Crippen LogP contribution in [0.25, 0.3) is 0 Å². The minimum atomic E-state index is -0.210. The van der Waals surface area contributed by atoms with Crippen LogP contribution in [0.15, 0.2) is 78.9 Å². The number of benzene rings is 3. The van der Waals surface area contributed by atoms with Gasteiger partial charge in [-0.1, -0.05) is 18.2 Å². The smallest absolute Gasteiger partial charge is 0.258 e. The number of rotatable bonds is 7. The number of likely N-dealkylation sites (tertiary alicyclic amines) is 1. The monoisotopic (exact) mass is 456 g/mol. The topological polar surface area (TPSA) is 81.8 Å². The standard InChI is InChI=1S/C27H28N4O3/c1-30(24-7-3-2-4-8-24)26(33)20-11-15-23(16-12-20)29-25(32)19-28-22-13-9-21(10-14-22)27(34)31-17-5-6-18-31/h2-4,7-16,28H,5-6,17-19H2,1H3,(H,29,32). The molecule has 0 bridgehead atoms. The van der Waals surface area contributed by atoms with Gasteiger partial charge in [0.25, 0.3) is 11.8 Å². The van der Waals surface area contributed by atoms with Crippen molar-refractivity contribution in [1.29, 1.82) is 0 Å². The van der Waals surface area contributed by atoms with Gasteiger partial charge in [0, 0.05) is 48.3 Å². The van der Waals surface area contributed by atoms with Gasteiger partial charge in [0.15, 0.2) is 0 Å². The highest BCUT2D eigenvalue weighted by atomic mass is 16.2. The Morgan fingerprint density at radius 1 is 0.794 bits per heavy atom. The summed E-state index contributed by atoms with van der Waals surface area (Å²) in [5.74, 6) is -0.284. The molecular formula is C27H28N4O3. The lowest BCUT2D eigenvalue weighted by atomic mass is 10.1. The summed E-state index contributed by atoms with van der Waals surface area (Å²) in [5, 5.41) is 5.88. The first-order valence-electron chi connectivity index (χ1n) is 11.4. The Bertz CT molecular complexity index is 1140. The predicted octanol–water partition coefficient (Wildman–Crippen LogP) is 4.25. The number of hydrogen-bond donors (Lipinski definition) is 2. The molecule has 0 unspecified atom stereocenters. The van der Waals surface area contributed by atoms with Crippen LogP contribution < -0.4 is 15.5 Å². The van der Waals surface area contributed by atoms with E-state index in [9.17, 15) is 14.4 Å². The third-order valence-electron chi connectivity index (χ3n) is 5.84. The van der Waals surface area contributed by atoms with Gasteiger partial charge in [0.05, 0.1) is 6.54 Å². The molecule has 0 spiro atoms. The number of nitrogens with zero attached hydrogens (tertiary/aromatic N) is 2. The van der Waals surface area contributed by atoms with Crippen LogP contribution in [-0.4, -0.2) is 49.3 Å². The van der Waals surface area contributed by atoms with Crippen LogP contribution in [0.1, 0.15) is 33.6 Å². The van der Waals surface area contributed by atoms with E-state index in [0.29, 0.717) is 16.8 Å². The Hall–Kier alpha value is -4.13. The molecule has 0 aliphatic carbocycles. The van der Waals surface area contributed by atoms with E-state index in [1.54, 1.807) is 60.5 Å². The largest absolute Gasteiger partial charge is 0.376 e. The quantitative estimate of drug-likeness (QED) is 0.557. The summed E-state index contributed by atoms with van der Waals surface area (Å²) in [6, 6.07) is 23.4. The summed E-state index contributed by atoms with van der Waals surface area (Å²) < 4.78 is 0. The Labute approximate surface area is 199 Å². The van der Waals surface area contributed by atoms with Crippen molar-refractivity contribution in [3.05, 3.63) is 90.0 Å². The van der Waals surface area contributed by atoms with Crippen LogP contribution in [0.5, 0.6) is 0 Å². The van der Waals surface area contributed by atoms with Crippen LogP contribution in [0.4, 0.5) is 17.1 Å². The zero-order valence-electron chi connectivity index (χ0n) is 19.2. The summed E-state index contributed by atoms with van der Waals surface area (Å²) >= 11 is 0. The second-order valence-corrected chi connectivity index (χ2v) is 8.26. The summed E-state index contributed by atoms with van der Waals surface area (Å²) in [6.45, 7) is 1.71. The van der Waals surface area contributed by atoms with E-state index in [2.05, 4.69) is 10.6 Å². The van der Waals surface area contributed by atoms with Crippen LogP contribution in [0.3, 0.4) is 0 Å². The van der Waals surface area contributed by atoms with Crippen molar-refractivity contribution in [2.45, 2.75) is 12.8 Å². The first kappa shape index (κ1) is 23.0. The molecule has 1 aliphatic rings. The number of para-hydroxylation sites is 1. The molecule has 0 radical (unpaired) electrons. The van der Waals surface area contributed by atoms with Gasteiger partial charge in [0.1, 0.15) is 0 Å². The van der Waals surface area contributed by atoms with Crippen molar-refractivity contribution in [2.75, 3.05) is 42.2 Å². The molecule has 0 saturated carbocycles. The van der Waals surface area contributed by atoms with Crippen molar-refractivity contribution in [3.8, 4) is 0 Å². The van der Waals surface area contributed by atoms with Crippen molar-refractivity contribution in [1.82, 2.24) is 4.90 Å². The maximum atomic E-state index is 12.7. The Balaban J connectivity index is 1.27. The second-order valence-electron chi connectivity index (χ2n) is 8.26. The molecule has 1 aliphatic heterocycles. The van der Waals surface area contributed by atoms with E-state index >= 15 is 0 Å². The second kappa shape index (κ2) is 10.7. The zero-order chi connectivity index (χ0) is 23.9. The molecule has 174 valence electrons. The highest BCUT2D eigenvalue weighted by molar-refractivity contribution is 6.06. The average molecular weight is 457 g/mol. The zero-order valence-corrected chi connectivity index (χ0v) is 19.2. The maximum Gasteiger partial charge on any atom is 0.258 e. The predicted molar refractivity (Wildman–Crippen MR) is 134 cm³/mol.